The van der Waals surface area contributed by atoms with E-state index in [1.54, 1.807) is 0 Å². The first kappa shape index (κ1) is 20.3. The van der Waals surface area contributed by atoms with Crippen LogP contribution in [0.3, 0.4) is 0 Å². The van der Waals surface area contributed by atoms with Crippen molar-refractivity contribution >= 4 is 23.7 Å². The van der Waals surface area contributed by atoms with E-state index in [4.69, 9.17) is 4.74 Å². The Morgan fingerprint density at radius 3 is 2.50 bits per heavy atom. The molecule has 30 heavy (non-hydrogen) atoms. The molecule has 1 saturated heterocycles. The average Bonchev–Trinajstić information content (AvgIpc) is 3.02. The number of carbonyl (C=O) groups excluding carboxylic acids is 4. The van der Waals surface area contributed by atoms with Gasteiger partial charge < -0.3 is 10.1 Å². The van der Waals surface area contributed by atoms with Crippen molar-refractivity contribution in [2.75, 3.05) is 6.61 Å². The topological polar surface area (TPSA) is 92.8 Å². The maximum absolute atomic E-state index is 12.6. The van der Waals surface area contributed by atoms with Gasteiger partial charge in [-0.1, -0.05) is 36.4 Å². The highest BCUT2D eigenvalue weighted by Gasteiger charge is 2.50. The predicted octanol–water partition coefficient (Wildman–Crippen LogP) is 2.06. The Balaban J connectivity index is 1.32. The summed E-state index contributed by atoms with van der Waals surface area (Å²) in [5.74, 6) is -2.60. The van der Waals surface area contributed by atoms with E-state index in [0.29, 0.717) is 12.8 Å². The minimum atomic E-state index is -1.04. The summed E-state index contributed by atoms with van der Waals surface area (Å²) in [7, 11) is 0. The molecule has 7 nitrogen and oxygen atoms in total. The number of esters is 1. The Hall–Kier alpha value is -2.96. The van der Waals surface area contributed by atoms with Crippen LogP contribution < -0.4 is 5.32 Å². The molecule has 3 amide bonds. The summed E-state index contributed by atoms with van der Waals surface area (Å²) in [6.45, 7) is 1.03. The van der Waals surface area contributed by atoms with Gasteiger partial charge in [-0.3, -0.25) is 19.3 Å². The quantitative estimate of drug-likeness (QED) is 0.456. The van der Waals surface area contributed by atoms with Crippen LogP contribution in [0.2, 0.25) is 0 Å². The van der Waals surface area contributed by atoms with Gasteiger partial charge in [-0.25, -0.2) is 4.79 Å². The van der Waals surface area contributed by atoms with Gasteiger partial charge in [-0.2, -0.15) is 0 Å². The lowest BCUT2D eigenvalue weighted by molar-refractivity contribution is -0.159. The summed E-state index contributed by atoms with van der Waals surface area (Å²) >= 11 is 0. The minimum Gasteiger partial charge on any atom is -0.454 e. The number of likely N-dealkylation sites (tertiary alicyclic amines) is 1. The third kappa shape index (κ3) is 3.76. The van der Waals surface area contributed by atoms with Crippen molar-refractivity contribution in [1.29, 1.82) is 0 Å². The summed E-state index contributed by atoms with van der Waals surface area (Å²) in [4.78, 5) is 51.0. The fourth-order valence-electron chi connectivity index (χ4n) is 4.71. The number of imide groups is 1. The van der Waals surface area contributed by atoms with E-state index in [2.05, 4.69) is 11.4 Å². The fraction of sp³-hybridized carbons (Fsp3) is 0.478. The van der Waals surface area contributed by atoms with Gasteiger partial charge in [0.05, 0.1) is 17.9 Å². The SMILES string of the molecule is C[C@@H](C(=O)OCC(=O)N[C@@H]1CCCc2ccccc21)N1C(=O)[C@H]2CC=CC[C@H]2C1=O. The molecular weight excluding hydrogens is 384 g/mol. The lowest BCUT2D eigenvalue weighted by Gasteiger charge is -2.26. The van der Waals surface area contributed by atoms with Crippen LogP contribution in [-0.2, 0) is 30.3 Å². The van der Waals surface area contributed by atoms with E-state index < -0.39 is 36.4 Å². The average molecular weight is 410 g/mol. The molecule has 0 unspecified atom stereocenters. The third-order valence-electron chi connectivity index (χ3n) is 6.32. The number of nitrogens with one attached hydrogen (secondary N) is 1. The highest BCUT2D eigenvalue weighted by molar-refractivity contribution is 6.08. The second-order valence-electron chi connectivity index (χ2n) is 8.20. The molecule has 0 spiro atoms. The molecule has 7 heteroatoms. The molecular formula is C23H26N2O5. The molecule has 1 aromatic rings. The Kier molecular flexibility index (Phi) is 5.70. The van der Waals surface area contributed by atoms with Crippen LogP contribution in [0.4, 0.5) is 0 Å². The monoisotopic (exact) mass is 410 g/mol. The number of hydrogen-bond donors (Lipinski definition) is 1. The number of nitrogens with zero attached hydrogens (tertiary/aromatic N) is 1. The highest BCUT2D eigenvalue weighted by Crippen LogP contribution is 2.36. The van der Waals surface area contributed by atoms with Gasteiger partial charge in [0.1, 0.15) is 6.04 Å². The molecule has 0 radical (unpaired) electrons. The Labute approximate surface area is 175 Å². The number of carbonyl (C=O) groups is 4. The van der Waals surface area contributed by atoms with Crippen molar-refractivity contribution in [2.45, 2.75) is 51.1 Å². The molecule has 0 bridgehead atoms. The number of fused-ring (bicyclic) bond motifs is 2. The van der Waals surface area contributed by atoms with E-state index >= 15 is 0 Å². The maximum atomic E-state index is 12.6. The smallest absolute Gasteiger partial charge is 0.329 e. The first-order valence-corrected chi connectivity index (χ1v) is 10.5. The van der Waals surface area contributed by atoms with Crippen molar-refractivity contribution in [3.8, 4) is 0 Å². The summed E-state index contributed by atoms with van der Waals surface area (Å²) in [6.07, 6.45) is 7.62. The maximum Gasteiger partial charge on any atom is 0.329 e. The van der Waals surface area contributed by atoms with Gasteiger partial charge in [0.15, 0.2) is 6.61 Å². The van der Waals surface area contributed by atoms with Gasteiger partial charge in [-0.05, 0) is 50.2 Å². The molecule has 1 aromatic carbocycles. The number of benzene rings is 1. The lowest BCUT2D eigenvalue weighted by Crippen LogP contribution is -2.45. The zero-order valence-electron chi connectivity index (χ0n) is 17.0. The van der Waals surface area contributed by atoms with E-state index in [-0.39, 0.29) is 17.9 Å². The highest BCUT2D eigenvalue weighted by atomic mass is 16.5. The number of amides is 3. The summed E-state index contributed by atoms with van der Waals surface area (Å²) < 4.78 is 5.14. The number of rotatable bonds is 5. The number of ether oxygens (including phenoxy) is 1. The first-order valence-electron chi connectivity index (χ1n) is 10.5. The molecule has 1 aliphatic heterocycles. The zero-order valence-corrected chi connectivity index (χ0v) is 17.0. The molecule has 3 aliphatic rings. The standard InChI is InChI=1S/C23H26N2O5/c1-14(25-21(27)17-10-4-5-11-18(17)22(25)28)23(29)30-13-20(26)24-19-12-6-8-15-7-2-3-9-16(15)19/h2-5,7,9,14,17-19H,6,8,10-13H2,1H3,(H,24,26)/t14-,17-,18+,19+/m0/s1. The number of aryl methyl sites for hydroxylation is 1. The van der Waals surface area contributed by atoms with Crippen molar-refractivity contribution < 1.29 is 23.9 Å². The third-order valence-corrected chi connectivity index (χ3v) is 6.32. The van der Waals surface area contributed by atoms with Crippen LogP contribution in [0.5, 0.6) is 0 Å². The van der Waals surface area contributed by atoms with E-state index in [1.807, 2.05) is 30.4 Å². The van der Waals surface area contributed by atoms with Crippen LogP contribution in [-0.4, -0.2) is 41.2 Å². The fourth-order valence-corrected chi connectivity index (χ4v) is 4.71. The van der Waals surface area contributed by atoms with Gasteiger partial charge in [-0.15, -0.1) is 0 Å². The lowest BCUT2D eigenvalue weighted by atomic mass is 9.85. The normalized spacial score (nSPS) is 26.0. The minimum absolute atomic E-state index is 0.101. The van der Waals surface area contributed by atoms with Crippen molar-refractivity contribution in [2.24, 2.45) is 11.8 Å². The van der Waals surface area contributed by atoms with Crippen LogP contribution in [0.15, 0.2) is 36.4 Å². The van der Waals surface area contributed by atoms with Crippen LogP contribution in [0, 0.1) is 11.8 Å². The van der Waals surface area contributed by atoms with Crippen molar-refractivity contribution in [3.63, 3.8) is 0 Å². The molecule has 0 saturated carbocycles. The summed E-state index contributed by atoms with van der Waals surface area (Å²) in [6, 6.07) is 6.86. The molecule has 1 N–H and O–H groups in total. The molecule has 2 aliphatic carbocycles. The summed E-state index contributed by atoms with van der Waals surface area (Å²) in [5, 5.41) is 2.93. The molecule has 4 atom stereocenters. The van der Waals surface area contributed by atoms with Gasteiger partial charge >= 0.3 is 5.97 Å². The molecule has 4 rings (SSSR count). The Bertz CT molecular complexity index is 883. The second kappa shape index (κ2) is 8.42. The predicted molar refractivity (Wildman–Crippen MR) is 108 cm³/mol. The van der Waals surface area contributed by atoms with E-state index in [9.17, 15) is 19.2 Å². The van der Waals surface area contributed by atoms with E-state index in [1.165, 1.54) is 12.5 Å². The molecule has 158 valence electrons. The van der Waals surface area contributed by atoms with Crippen LogP contribution >= 0.6 is 0 Å². The molecule has 1 heterocycles. The largest absolute Gasteiger partial charge is 0.454 e. The van der Waals surface area contributed by atoms with Gasteiger partial charge in [0, 0.05) is 0 Å². The van der Waals surface area contributed by atoms with Crippen molar-refractivity contribution in [1.82, 2.24) is 10.2 Å². The number of hydrogen-bond acceptors (Lipinski definition) is 5. The zero-order chi connectivity index (χ0) is 21.3. The Morgan fingerprint density at radius 1 is 1.13 bits per heavy atom. The van der Waals surface area contributed by atoms with Gasteiger partial charge in [0.2, 0.25) is 11.8 Å². The molecule has 0 aromatic heterocycles. The van der Waals surface area contributed by atoms with E-state index in [0.717, 1.165) is 29.7 Å². The molecule has 1 fully saturated rings. The second-order valence-corrected chi connectivity index (χ2v) is 8.20. The first-order chi connectivity index (χ1) is 14.5. The number of allylic oxidation sites excluding steroid dienone is 2. The summed E-state index contributed by atoms with van der Waals surface area (Å²) in [5.41, 5.74) is 2.32. The van der Waals surface area contributed by atoms with Crippen LogP contribution in [0.1, 0.15) is 49.8 Å². The van der Waals surface area contributed by atoms with Crippen molar-refractivity contribution in [3.05, 3.63) is 47.5 Å². The van der Waals surface area contributed by atoms with Gasteiger partial charge in [0.25, 0.3) is 5.91 Å². The Morgan fingerprint density at radius 2 is 1.80 bits per heavy atom. The van der Waals surface area contributed by atoms with Crippen LogP contribution in [0.25, 0.3) is 0 Å².